The van der Waals surface area contributed by atoms with Gasteiger partial charge in [-0.3, -0.25) is 0 Å². The summed E-state index contributed by atoms with van der Waals surface area (Å²) in [5, 5.41) is 4.71. The summed E-state index contributed by atoms with van der Waals surface area (Å²) in [6, 6.07) is 0. The molecule has 2 aliphatic heterocycles. The van der Waals surface area contributed by atoms with Crippen LogP contribution in [0, 0.1) is 0 Å². The van der Waals surface area contributed by atoms with E-state index < -0.39 is 0 Å². The van der Waals surface area contributed by atoms with E-state index in [0.29, 0.717) is 0 Å². The van der Waals surface area contributed by atoms with Gasteiger partial charge in [0.05, 0.1) is 18.1 Å². The van der Waals surface area contributed by atoms with Gasteiger partial charge in [0, 0.05) is 38.2 Å². The van der Waals surface area contributed by atoms with Crippen molar-refractivity contribution >= 4 is 52.2 Å². The summed E-state index contributed by atoms with van der Waals surface area (Å²) < 4.78 is 11.1. The van der Waals surface area contributed by atoms with Crippen LogP contribution in [0.5, 0.6) is 0 Å². The first-order valence-corrected chi connectivity index (χ1v) is 9.00. The molecular formula is C16H24Cl2N4O2S. The lowest BCUT2D eigenvalue weighted by molar-refractivity contribution is 0.0190. The zero-order chi connectivity index (χ0) is 15.6. The van der Waals surface area contributed by atoms with Gasteiger partial charge in [-0.05, 0) is 24.9 Å². The third-order valence-electron chi connectivity index (χ3n) is 4.57. The highest BCUT2D eigenvalue weighted by Gasteiger charge is 2.26. The summed E-state index contributed by atoms with van der Waals surface area (Å²) in [5.74, 6) is 1.08. The maximum atomic E-state index is 5.87. The Labute approximate surface area is 164 Å². The second kappa shape index (κ2) is 9.30. The van der Waals surface area contributed by atoms with Crippen LogP contribution in [0.3, 0.4) is 0 Å². The summed E-state index contributed by atoms with van der Waals surface area (Å²) in [6.07, 6.45) is 3.90. The number of fused-ring (bicyclic) bond motifs is 3. The second-order valence-electron chi connectivity index (χ2n) is 6.03. The number of morpholine rings is 1. The molecule has 0 aliphatic carbocycles. The van der Waals surface area contributed by atoms with E-state index in [2.05, 4.69) is 20.2 Å². The van der Waals surface area contributed by atoms with Crippen molar-refractivity contribution in [3.05, 3.63) is 16.8 Å². The Morgan fingerprint density at radius 1 is 1.40 bits per heavy atom. The molecule has 9 heteroatoms. The number of rotatable bonds is 4. The number of halogens is 2. The number of methoxy groups -OCH3 is 1. The molecule has 1 saturated heterocycles. The van der Waals surface area contributed by atoms with E-state index in [0.717, 1.165) is 62.9 Å². The topological polar surface area (TPSA) is 59.5 Å². The summed E-state index contributed by atoms with van der Waals surface area (Å²) in [6.45, 7) is 5.23. The third-order valence-corrected chi connectivity index (χ3v) is 5.71. The Morgan fingerprint density at radius 3 is 3.12 bits per heavy atom. The van der Waals surface area contributed by atoms with E-state index in [4.69, 9.17) is 9.47 Å². The van der Waals surface area contributed by atoms with Crippen molar-refractivity contribution in [2.24, 2.45) is 0 Å². The zero-order valence-corrected chi connectivity index (χ0v) is 16.6. The Bertz CT molecular complexity index is 700. The van der Waals surface area contributed by atoms with E-state index in [-0.39, 0.29) is 30.9 Å². The summed E-state index contributed by atoms with van der Waals surface area (Å²) in [7, 11) is 1.74. The highest BCUT2D eigenvalue weighted by molar-refractivity contribution is 7.19. The van der Waals surface area contributed by atoms with Crippen molar-refractivity contribution in [2.75, 3.05) is 44.9 Å². The molecule has 1 N–H and O–H groups in total. The molecule has 2 aliphatic rings. The van der Waals surface area contributed by atoms with Crippen LogP contribution < -0.4 is 10.2 Å². The lowest BCUT2D eigenvalue weighted by Crippen LogP contribution is -2.43. The van der Waals surface area contributed by atoms with Gasteiger partial charge < -0.3 is 19.7 Å². The third kappa shape index (κ3) is 4.18. The Morgan fingerprint density at radius 2 is 2.28 bits per heavy atom. The van der Waals surface area contributed by atoms with Crippen molar-refractivity contribution in [1.29, 1.82) is 0 Å². The molecule has 4 heterocycles. The molecule has 140 valence electrons. The SMILES string of the molecule is COCCC1CN(c2ncnc3sc4c(c23)CCNC4)CCO1.Cl.Cl. The van der Waals surface area contributed by atoms with Gasteiger partial charge in [0.2, 0.25) is 0 Å². The first kappa shape index (κ1) is 20.6. The molecule has 4 rings (SSSR count). The van der Waals surface area contributed by atoms with Gasteiger partial charge in [-0.2, -0.15) is 0 Å². The fourth-order valence-electron chi connectivity index (χ4n) is 3.42. The lowest BCUT2D eigenvalue weighted by Gasteiger charge is -2.34. The molecule has 0 saturated carbocycles. The quantitative estimate of drug-likeness (QED) is 0.840. The van der Waals surface area contributed by atoms with Crippen molar-refractivity contribution < 1.29 is 9.47 Å². The largest absolute Gasteiger partial charge is 0.385 e. The standard InChI is InChI=1S/C16H22N4O2S.2ClH/c1-21-6-3-11-9-20(5-7-22-11)15-14-12-2-4-17-8-13(12)23-16(14)19-10-18-15;;/h10-11,17H,2-9H2,1H3;2*1H. The van der Waals surface area contributed by atoms with Crippen LogP contribution in [-0.4, -0.2) is 56.0 Å². The molecule has 0 amide bonds. The molecule has 0 spiro atoms. The average molecular weight is 407 g/mol. The van der Waals surface area contributed by atoms with Crippen LogP contribution in [0.25, 0.3) is 10.2 Å². The van der Waals surface area contributed by atoms with Crippen LogP contribution in [0.2, 0.25) is 0 Å². The second-order valence-corrected chi connectivity index (χ2v) is 7.11. The average Bonchev–Trinajstić information content (AvgIpc) is 2.99. The van der Waals surface area contributed by atoms with Crippen LogP contribution >= 0.6 is 36.2 Å². The number of nitrogens with zero attached hydrogens (tertiary/aromatic N) is 3. The monoisotopic (exact) mass is 406 g/mol. The lowest BCUT2D eigenvalue weighted by atomic mass is 10.1. The molecule has 0 aromatic carbocycles. The van der Waals surface area contributed by atoms with Crippen molar-refractivity contribution in [2.45, 2.75) is 25.5 Å². The number of anilines is 1. The van der Waals surface area contributed by atoms with E-state index in [9.17, 15) is 0 Å². The van der Waals surface area contributed by atoms with E-state index in [1.165, 1.54) is 15.8 Å². The highest BCUT2D eigenvalue weighted by atomic mass is 35.5. The molecule has 25 heavy (non-hydrogen) atoms. The predicted molar refractivity (Wildman–Crippen MR) is 106 cm³/mol. The molecule has 1 unspecified atom stereocenters. The normalized spacial score (nSPS) is 19.9. The van der Waals surface area contributed by atoms with E-state index in [1.807, 2.05) is 0 Å². The molecule has 2 aromatic rings. The number of hydrogen-bond donors (Lipinski definition) is 1. The summed E-state index contributed by atoms with van der Waals surface area (Å²) in [4.78, 5) is 14.0. The Hall–Kier alpha value is -0.700. The number of hydrogen-bond acceptors (Lipinski definition) is 7. The zero-order valence-electron chi connectivity index (χ0n) is 14.2. The predicted octanol–water partition coefficient (Wildman–Crippen LogP) is 2.42. The van der Waals surface area contributed by atoms with Gasteiger partial charge in [-0.1, -0.05) is 0 Å². The molecule has 0 bridgehead atoms. The molecule has 1 atom stereocenters. The maximum absolute atomic E-state index is 5.87. The molecule has 0 radical (unpaired) electrons. The minimum atomic E-state index is 0. The Balaban J connectivity index is 0.00000113. The number of aromatic nitrogens is 2. The first-order chi connectivity index (χ1) is 11.4. The van der Waals surface area contributed by atoms with Gasteiger partial charge in [-0.15, -0.1) is 36.2 Å². The Kier molecular flexibility index (Phi) is 7.67. The van der Waals surface area contributed by atoms with Gasteiger partial charge in [0.15, 0.2) is 0 Å². The summed E-state index contributed by atoms with van der Waals surface area (Å²) in [5.41, 5.74) is 1.44. The number of nitrogens with one attached hydrogen (secondary N) is 1. The minimum absolute atomic E-state index is 0. The van der Waals surface area contributed by atoms with Crippen molar-refractivity contribution in [3.63, 3.8) is 0 Å². The number of ether oxygens (including phenoxy) is 2. The molecule has 1 fully saturated rings. The van der Waals surface area contributed by atoms with Crippen LogP contribution in [0.4, 0.5) is 5.82 Å². The molecular weight excluding hydrogens is 383 g/mol. The van der Waals surface area contributed by atoms with Gasteiger partial charge in [0.1, 0.15) is 17.0 Å². The molecule has 6 nitrogen and oxygen atoms in total. The highest BCUT2D eigenvalue weighted by Crippen LogP contribution is 2.37. The van der Waals surface area contributed by atoms with Crippen LogP contribution in [0.15, 0.2) is 6.33 Å². The maximum Gasteiger partial charge on any atom is 0.141 e. The van der Waals surface area contributed by atoms with Crippen LogP contribution in [-0.2, 0) is 22.4 Å². The summed E-state index contributed by atoms with van der Waals surface area (Å²) >= 11 is 1.80. The van der Waals surface area contributed by atoms with Gasteiger partial charge in [-0.25, -0.2) is 9.97 Å². The van der Waals surface area contributed by atoms with Gasteiger partial charge in [0.25, 0.3) is 0 Å². The fourth-order valence-corrected chi connectivity index (χ4v) is 4.57. The van der Waals surface area contributed by atoms with E-state index >= 15 is 0 Å². The molecule has 2 aromatic heterocycles. The first-order valence-electron chi connectivity index (χ1n) is 8.18. The van der Waals surface area contributed by atoms with Crippen molar-refractivity contribution in [3.8, 4) is 0 Å². The smallest absolute Gasteiger partial charge is 0.141 e. The van der Waals surface area contributed by atoms with E-state index in [1.54, 1.807) is 24.8 Å². The minimum Gasteiger partial charge on any atom is -0.385 e. The van der Waals surface area contributed by atoms with Crippen LogP contribution in [0.1, 0.15) is 16.9 Å². The van der Waals surface area contributed by atoms with Crippen molar-refractivity contribution in [1.82, 2.24) is 15.3 Å². The van der Waals surface area contributed by atoms with Gasteiger partial charge >= 0.3 is 0 Å². The fraction of sp³-hybridized carbons (Fsp3) is 0.625. The number of thiophene rings is 1.